The van der Waals surface area contributed by atoms with Crippen LogP contribution in [0.25, 0.3) is 11.0 Å². The number of hydrogen-bond acceptors (Lipinski definition) is 6. The first-order valence-electron chi connectivity index (χ1n) is 7.99. The third kappa shape index (κ3) is 2.92. The molecule has 1 heterocycles. The largest absolute Gasteiger partial charge is 0.467 e. The molecule has 0 aliphatic carbocycles. The number of benzene rings is 2. The maximum absolute atomic E-state index is 12.8. The highest BCUT2D eigenvalue weighted by molar-refractivity contribution is 7.90. The molecule has 2 aromatic carbocycles. The Balaban J connectivity index is 2.26. The molecule has 7 nitrogen and oxygen atoms in total. The van der Waals surface area contributed by atoms with Gasteiger partial charge in [0, 0.05) is 11.1 Å². The van der Waals surface area contributed by atoms with Crippen LogP contribution in [0.2, 0.25) is 0 Å². The molecule has 0 aliphatic heterocycles. The zero-order valence-electron chi connectivity index (χ0n) is 14.6. The Bertz CT molecular complexity index is 1070. The fraction of sp³-hybridized carbons (Fsp3) is 0.222. The van der Waals surface area contributed by atoms with Gasteiger partial charge in [0.25, 0.3) is 0 Å². The number of ether oxygens (including phenoxy) is 1. The number of imidazole rings is 1. The van der Waals surface area contributed by atoms with Crippen LogP contribution in [-0.4, -0.2) is 40.7 Å². The molecule has 1 aromatic heterocycles. The van der Waals surface area contributed by atoms with Crippen LogP contribution in [0.3, 0.4) is 0 Å². The van der Waals surface area contributed by atoms with Crippen molar-refractivity contribution in [2.24, 2.45) is 5.16 Å². The van der Waals surface area contributed by atoms with Crippen molar-refractivity contribution >= 4 is 26.8 Å². The maximum atomic E-state index is 12.8. The van der Waals surface area contributed by atoms with Crippen molar-refractivity contribution in [3.8, 4) is 6.01 Å². The lowest BCUT2D eigenvalue weighted by molar-refractivity contribution is 0.319. The number of rotatable bonds is 5. The Morgan fingerprint density at radius 1 is 1.15 bits per heavy atom. The standard InChI is InChI=1S/C18H19N3O4S/c1-12(2)26(23,24)21-16-11-14(9-10-15(16)19-18(21)25-3)17(20-22)13-7-5-4-6-8-13/h4-12,22H,1-3H3/b20-17+. The molecule has 1 N–H and O–H groups in total. The number of methoxy groups -OCH3 is 1. The van der Waals surface area contributed by atoms with E-state index in [-0.39, 0.29) is 6.01 Å². The number of hydrogen-bond donors (Lipinski definition) is 1. The molecule has 8 heteroatoms. The second-order valence-electron chi connectivity index (χ2n) is 5.97. The number of fused-ring (bicyclic) bond motifs is 1. The molecule has 0 radical (unpaired) electrons. The highest BCUT2D eigenvalue weighted by atomic mass is 32.2. The van der Waals surface area contributed by atoms with Gasteiger partial charge in [-0.05, 0) is 26.0 Å². The first kappa shape index (κ1) is 17.9. The lowest BCUT2D eigenvalue weighted by atomic mass is 10.0. The van der Waals surface area contributed by atoms with Crippen molar-refractivity contribution in [1.29, 1.82) is 0 Å². The van der Waals surface area contributed by atoms with Gasteiger partial charge >= 0.3 is 6.01 Å². The molecule has 0 aliphatic rings. The van der Waals surface area contributed by atoms with Crippen LogP contribution in [-0.2, 0) is 10.0 Å². The van der Waals surface area contributed by atoms with Crippen LogP contribution in [0.1, 0.15) is 25.0 Å². The summed E-state index contributed by atoms with van der Waals surface area (Å²) >= 11 is 0. The predicted molar refractivity (Wildman–Crippen MR) is 99.6 cm³/mol. The monoisotopic (exact) mass is 373 g/mol. The summed E-state index contributed by atoms with van der Waals surface area (Å²) in [7, 11) is -2.32. The van der Waals surface area contributed by atoms with E-state index in [0.29, 0.717) is 27.9 Å². The van der Waals surface area contributed by atoms with Crippen molar-refractivity contribution in [2.75, 3.05) is 7.11 Å². The molecule has 0 bridgehead atoms. The smallest absolute Gasteiger partial charge is 0.311 e. The van der Waals surface area contributed by atoms with Crippen molar-refractivity contribution in [2.45, 2.75) is 19.1 Å². The molecule has 3 aromatic rings. The van der Waals surface area contributed by atoms with Crippen LogP contribution >= 0.6 is 0 Å². The molecule has 0 saturated heterocycles. The molecular weight excluding hydrogens is 354 g/mol. The number of oxime groups is 1. The van der Waals surface area contributed by atoms with Crippen molar-refractivity contribution < 1.29 is 18.4 Å². The number of aromatic nitrogens is 2. The summed E-state index contributed by atoms with van der Waals surface area (Å²) in [5.74, 6) is 0. The van der Waals surface area contributed by atoms with E-state index in [0.717, 1.165) is 3.97 Å². The molecule has 0 unspecified atom stereocenters. The Morgan fingerprint density at radius 3 is 2.42 bits per heavy atom. The van der Waals surface area contributed by atoms with Gasteiger partial charge in [-0.15, -0.1) is 0 Å². The molecular formula is C18H19N3O4S. The summed E-state index contributed by atoms with van der Waals surface area (Å²) in [6, 6.07) is 14.2. The van der Waals surface area contributed by atoms with Crippen LogP contribution in [0, 0.1) is 0 Å². The summed E-state index contributed by atoms with van der Waals surface area (Å²) in [6.07, 6.45) is 0. The van der Waals surface area contributed by atoms with Gasteiger partial charge in [-0.2, -0.15) is 8.96 Å². The van der Waals surface area contributed by atoms with Crippen molar-refractivity contribution in [1.82, 2.24) is 8.96 Å². The zero-order valence-corrected chi connectivity index (χ0v) is 15.4. The molecule has 26 heavy (non-hydrogen) atoms. The third-order valence-corrected chi connectivity index (χ3v) is 6.09. The topological polar surface area (TPSA) is 93.8 Å². The van der Waals surface area contributed by atoms with E-state index >= 15 is 0 Å². The van der Waals surface area contributed by atoms with Crippen molar-refractivity contribution in [3.05, 3.63) is 59.7 Å². The Labute approximate surface area is 151 Å². The lowest BCUT2D eigenvalue weighted by Crippen LogP contribution is -2.23. The van der Waals surface area contributed by atoms with Gasteiger partial charge in [0.05, 0.1) is 23.4 Å². The van der Waals surface area contributed by atoms with Gasteiger partial charge in [0.1, 0.15) is 5.71 Å². The second kappa shape index (κ2) is 6.80. The quantitative estimate of drug-likeness (QED) is 0.422. The molecule has 0 atom stereocenters. The first-order valence-corrected chi connectivity index (χ1v) is 9.49. The molecule has 136 valence electrons. The van der Waals surface area contributed by atoms with Crippen LogP contribution in [0.5, 0.6) is 6.01 Å². The third-order valence-electron chi connectivity index (χ3n) is 4.04. The Kier molecular flexibility index (Phi) is 4.69. The van der Waals surface area contributed by atoms with Gasteiger partial charge in [-0.3, -0.25) is 0 Å². The Morgan fingerprint density at radius 2 is 1.85 bits per heavy atom. The number of nitrogens with zero attached hydrogens (tertiary/aromatic N) is 3. The van der Waals surface area contributed by atoms with Gasteiger partial charge in [0.15, 0.2) is 0 Å². The van der Waals surface area contributed by atoms with Crippen LogP contribution < -0.4 is 4.74 Å². The summed E-state index contributed by atoms with van der Waals surface area (Å²) in [6.45, 7) is 3.18. The Hall–Kier alpha value is -2.87. The van der Waals surface area contributed by atoms with E-state index in [2.05, 4.69) is 10.1 Å². The molecule has 0 fully saturated rings. The van der Waals surface area contributed by atoms with Crippen molar-refractivity contribution in [3.63, 3.8) is 0 Å². The fourth-order valence-electron chi connectivity index (χ4n) is 2.64. The minimum atomic E-state index is -3.69. The van der Waals surface area contributed by atoms with Crippen LogP contribution in [0.15, 0.2) is 53.7 Å². The summed E-state index contributed by atoms with van der Waals surface area (Å²) < 4.78 is 31.8. The minimum absolute atomic E-state index is 0.00644. The molecule has 0 amide bonds. The zero-order chi connectivity index (χ0) is 18.9. The highest BCUT2D eigenvalue weighted by Crippen LogP contribution is 2.27. The molecule has 0 saturated carbocycles. The fourth-order valence-corrected chi connectivity index (χ4v) is 3.82. The van der Waals surface area contributed by atoms with E-state index < -0.39 is 15.3 Å². The van der Waals surface area contributed by atoms with Gasteiger partial charge in [-0.25, -0.2) is 8.42 Å². The summed E-state index contributed by atoms with van der Waals surface area (Å²) in [5.41, 5.74) is 2.44. The molecule has 0 spiro atoms. The van der Waals surface area contributed by atoms with E-state index in [1.165, 1.54) is 7.11 Å². The highest BCUT2D eigenvalue weighted by Gasteiger charge is 2.26. The van der Waals surface area contributed by atoms with Gasteiger partial charge < -0.3 is 9.94 Å². The second-order valence-corrected chi connectivity index (χ2v) is 8.31. The van der Waals surface area contributed by atoms with E-state index in [1.54, 1.807) is 32.0 Å². The SMILES string of the molecule is COc1nc2ccc(/C(=N/O)c3ccccc3)cc2n1S(=O)(=O)C(C)C. The predicted octanol–water partition coefficient (Wildman–Crippen LogP) is 2.86. The van der Waals surface area contributed by atoms with Gasteiger partial charge in [0.2, 0.25) is 10.0 Å². The minimum Gasteiger partial charge on any atom is -0.467 e. The maximum Gasteiger partial charge on any atom is 0.311 e. The summed E-state index contributed by atoms with van der Waals surface area (Å²) in [5, 5.41) is 12.2. The average molecular weight is 373 g/mol. The normalized spacial score (nSPS) is 12.7. The molecule has 3 rings (SSSR count). The van der Waals surface area contributed by atoms with Gasteiger partial charge in [-0.1, -0.05) is 41.6 Å². The van der Waals surface area contributed by atoms with E-state index in [4.69, 9.17) is 4.74 Å². The average Bonchev–Trinajstić information content (AvgIpc) is 3.01. The van der Waals surface area contributed by atoms with Crippen LogP contribution in [0.4, 0.5) is 0 Å². The lowest BCUT2D eigenvalue weighted by Gasteiger charge is -2.12. The van der Waals surface area contributed by atoms with E-state index in [1.807, 2.05) is 30.3 Å². The summed E-state index contributed by atoms with van der Waals surface area (Å²) in [4.78, 5) is 4.24. The first-order chi connectivity index (χ1) is 12.4. The van der Waals surface area contributed by atoms with E-state index in [9.17, 15) is 13.6 Å².